The molecule has 0 saturated heterocycles. The van der Waals surface area contributed by atoms with E-state index >= 15 is 0 Å². The van der Waals surface area contributed by atoms with Crippen molar-refractivity contribution in [2.75, 3.05) is 13.2 Å². The van der Waals surface area contributed by atoms with Gasteiger partial charge in [0.15, 0.2) is 0 Å². The molecular formula is C27H31N5O4. The number of carbonyl (C=O) groups is 1. The third kappa shape index (κ3) is 5.59. The van der Waals surface area contributed by atoms with Crippen LogP contribution in [-0.4, -0.2) is 43.8 Å². The lowest BCUT2D eigenvalue weighted by atomic mass is 9.85. The van der Waals surface area contributed by atoms with Crippen molar-refractivity contribution in [2.24, 2.45) is 5.92 Å². The lowest BCUT2D eigenvalue weighted by molar-refractivity contribution is 0.0929. The maximum Gasteiger partial charge on any atom is 0.270 e. The molecule has 1 atom stereocenters. The van der Waals surface area contributed by atoms with Crippen molar-refractivity contribution in [3.63, 3.8) is 0 Å². The van der Waals surface area contributed by atoms with Gasteiger partial charge in [0.05, 0.1) is 24.5 Å². The van der Waals surface area contributed by atoms with E-state index in [1.807, 2.05) is 24.3 Å². The van der Waals surface area contributed by atoms with Crippen LogP contribution in [0.2, 0.25) is 0 Å². The molecule has 4 rings (SSSR count). The smallest absolute Gasteiger partial charge is 0.270 e. The molecule has 1 aliphatic carbocycles. The lowest BCUT2D eigenvalue weighted by Gasteiger charge is -2.25. The molecule has 1 amide bonds. The molecule has 0 aliphatic heterocycles. The highest BCUT2D eigenvalue weighted by molar-refractivity contribution is 5.92. The van der Waals surface area contributed by atoms with Gasteiger partial charge in [0.1, 0.15) is 17.6 Å². The van der Waals surface area contributed by atoms with Crippen LogP contribution in [0.4, 0.5) is 0 Å². The van der Waals surface area contributed by atoms with Gasteiger partial charge in [-0.3, -0.25) is 19.1 Å². The van der Waals surface area contributed by atoms with Crippen molar-refractivity contribution < 1.29 is 15.0 Å². The Balaban J connectivity index is 1.55. The van der Waals surface area contributed by atoms with Crippen LogP contribution in [0.25, 0.3) is 23.0 Å². The van der Waals surface area contributed by atoms with Crippen LogP contribution in [0.5, 0.6) is 0 Å². The van der Waals surface area contributed by atoms with Crippen molar-refractivity contribution >= 4 is 29.0 Å². The van der Waals surface area contributed by atoms with Crippen molar-refractivity contribution in [2.45, 2.75) is 38.5 Å². The van der Waals surface area contributed by atoms with Crippen molar-refractivity contribution in [1.29, 1.82) is 0 Å². The van der Waals surface area contributed by atoms with Crippen LogP contribution in [0.15, 0.2) is 48.3 Å². The van der Waals surface area contributed by atoms with E-state index in [-0.39, 0.29) is 18.1 Å². The standard InChI is InChI=1S/C27H31N5O4/c1-3-24-31-22(12-25(35)32(24)4-2)27(36)29-15-20-11-19-10-18(14-28-13-17-6-5-7-17)8-9-21(19)26(30-20)23(34)16-33/h3-4,8-12,17,23,28,33-34H,1-2,5-7,13-16H2,(H,29,36). The number of nitrogens with one attached hydrogen (secondary N) is 2. The van der Waals surface area contributed by atoms with Gasteiger partial charge >= 0.3 is 0 Å². The Labute approximate surface area is 209 Å². The number of hydrogen-bond acceptors (Lipinski definition) is 7. The van der Waals surface area contributed by atoms with E-state index in [0.717, 1.165) is 41.4 Å². The second kappa shape index (κ2) is 11.4. The van der Waals surface area contributed by atoms with Gasteiger partial charge in [0.25, 0.3) is 11.5 Å². The highest BCUT2D eigenvalue weighted by Crippen LogP contribution is 2.26. The Bertz CT molecular complexity index is 1350. The lowest BCUT2D eigenvalue weighted by Crippen LogP contribution is -2.28. The third-order valence-corrected chi connectivity index (χ3v) is 6.46. The van der Waals surface area contributed by atoms with Crippen molar-refractivity contribution in [1.82, 2.24) is 25.2 Å². The van der Waals surface area contributed by atoms with E-state index < -0.39 is 24.2 Å². The Morgan fingerprint density at radius 2 is 2.00 bits per heavy atom. The highest BCUT2D eigenvalue weighted by Gasteiger charge is 2.18. The van der Waals surface area contributed by atoms with Crippen LogP contribution in [0.3, 0.4) is 0 Å². The number of aliphatic hydroxyl groups excluding tert-OH is 2. The number of rotatable bonds is 11. The molecule has 36 heavy (non-hydrogen) atoms. The number of aromatic nitrogens is 3. The van der Waals surface area contributed by atoms with E-state index in [2.05, 4.69) is 33.8 Å². The van der Waals surface area contributed by atoms with E-state index in [1.54, 1.807) is 0 Å². The first-order valence-corrected chi connectivity index (χ1v) is 12.0. The maximum atomic E-state index is 12.7. The van der Waals surface area contributed by atoms with Crippen LogP contribution in [0, 0.1) is 5.92 Å². The van der Waals surface area contributed by atoms with Gasteiger partial charge in [-0.15, -0.1) is 0 Å². The number of amides is 1. The zero-order valence-corrected chi connectivity index (χ0v) is 20.1. The molecule has 9 heteroatoms. The summed E-state index contributed by atoms with van der Waals surface area (Å²) >= 11 is 0. The molecule has 0 bridgehead atoms. The molecule has 2 heterocycles. The molecule has 1 aromatic carbocycles. The summed E-state index contributed by atoms with van der Waals surface area (Å²) in [6.45, 7) is 8.48. The minimum atomic E-state index is -1.16. The van der Waals surface area contributed by atoms with Gasteiger partial charge in [-0.05, 0) is 54.5 Å². The van der Waals surface area contributed by atoms with Gasteiger partial charge in [0, 0.05) is 24.2 Å². The average Bonchev–Trinajstić information content (AvgIpc) is 2.86. The molecule has 2 aromatic heterocycles. The number of hydrogen-bond donors (Lipinski definition) is 4. The summed E-state index contributed by atoms with van der Waals surface area (Å²) < 4.78 is 1.19. The summed E-state index contributed by atoms with van der Waals surface area (Å²) in [6.07, 6.45) is 5.39. The molecule has 188 valence electrons. The van der Waals surface area contributed by atoms with Crippen LogP contribution >= 0.6 is 0 Å². The quantitative estimate of drug-likeness (QED) is 0.325. The minimum Gasteiger partial charge on any atom is -0.393 e. The number of nitrogens with zero attached hydrogens (tertiary/aromatic N) is 3. The molecule has 0 spiro atoms. The number of aliphatic hydroxyl groups is 2. The summed E-state index contributed by atoms with van der Waals surface area (Å²) in [7, 11) is 0. The number of carbonyl (C=O) groups excluding carboxylic acids is 1. The Morgan fingerprint density at radius 3 is 2.67 bits per heavy atom. The number of benzene rings is 1. The summed E-state index contributed by atoms with van der Waals surface area (Å²) in [5.74, 6) is 0.419. The molecule has 0 radical (unpaired) electrons. The number of fused-ring (bicyclic) bond motifs is 1. The number of pyridine rings is 1. The van der Waals surface area contributed by atoms with Gasteiger partial charge in [-0.2, -0.15) is 0 Å². The molecule has 9 nitrogen and oxygen atoms in total. The molecule has 1 fully saturated rings. The molecule has 1 saturated carbocycles. The Hall–Kier alpha value is -3.66. The van der Waals surface area contributed by atoms with Gasteiger partial charge in [0.2, 0.25) is 0 Å². The molecule has 1 aliphatic rings. The topological polar surface area (TPSA) is 129 Å². The summed E-state index contributed by atoms with van der Waals surface area (Å²) in [6, 6.07) is 8.88. The van der Waals surface area contributed by atoms with E-state index in [0.29, 0.717) is 11.4 Å². The van der Waals surface area contributed by atoms with Crippen molar-refractivity contribution in [3.05, 3.63) is 82.3 Å². The monoisotopic (exact) mass is 489 g/mol. The SMILES string of the molecule is C=Cc1nc(C(=O)NCc2cc3cc(CNCC4CCC4)ccc3c(C(O)CO)n2)cc(=O)n1C=C. The van der Waals surface area contributed by atoms with Crippen molar-refractivity contribution in [3.8, 4) is 0 Å². The molecule has 4 N–H and O–H groups in total. The molecule has 1 unspecified atom stereocenters. The van der Waals surface area contributed by atoms with Crippen LogP contribution in [0.1, 0.15) is 58.6 Å². The second-order valence-electron chi connectivity index (χ2n) is 8.96. The summed E-state index contributed by atoms with van der Waals surface area (Å²) in [5, 5.41) is 27.7. The first-order chi connectivity index (χ1) is 17.4. The zero-order valence-electron chi connectivity index (χ0n) is 20.1. The Morgan fingerprint density at radius 1 is 1.19 bits per heavy atom. The first-order valence-electron chi connectivity index (χ1n) is 12.0. The predicted octanol–water partition coefficient (Wildman–Crippen LogP) is 2.38. The fourth-order valence-electron chi connectivity index (χ4n) is 4.26. The van der Waals surface area contributed by atoms with Gasteiger partial charge in [-0.25, -0.2) is 4.98 Å². The Kier molecular flexibility index (Phi) is 8.04. The first kappa shape index (κ1) is 25.4. The maximum absolute atomic E-state index is 12.7. The summed E-state index contributed by atoms with van der Waals surface area (Å²) in [5.41, 5.74) is 1.44. The van der Waals surface area contributed by atoms with Gasteiger partial charge < -0.3 is 20.8 Å². The predicted molar refractivity (Wildman–Crippen MR) is 139 cm³/mol. The van der Waals surface area contributed by atoms with Crippen LogP contribution in [-0.2, 0) is 13.1 Å². The minimum absolute atomic E-state index is 0.0414. The normalized spacial score (nSPS) is 14.3. The fourth-order valence-corrected chi connectivity index (χ4v) is 4.26. The largest absolute Gasteiger partial charge is 0.393 e. The van der Waals surface area contributed by atoms with E-state index in [1.165, 1.54) is 36.1 Å². The highest BCUT2D eigenvalue weighted by atomic mass is 16.3. The van der Waals surface area contributed by atoms with Gasteiger partial charge in [-0.1, -0.05) is 31.7 Å². The summed E-state index contributed by atoms with van der Waals surface area (Å²) in [4.78, 5) is 33.6. The zero-order chi connectivity index (χ0) is 25.7. The molecule has 3 aromatic rings. The average molecular weight is 490 g/mol. The third-order valence-electron chi connectivity index (χ3n) is 6.46. The second-order valence-corrected chi connectivity index (χ2v) is 8.96. The van der Waals surface area contributed by atoms with E-state index in [4.69, 9.17) is 0 Å². The van der Waals surface area contributed by atoms with Crippen LogP contribution < -0.4 is 16.2 Å². The fraction of sp³-hybridized carbons (Fsp3) is 0.333. The molecular weight excluding hydrogens is 458 g/mol. The van der Waals surface area contributed by atoms with E-state index in [9.17, 15) is 19.8 Å².